The monoisotopic (exact) mass is 309 g/mol. The van der Waals surface area contributed by atoms with Gasteiger partial charge in [0.15, 0.2) is 0 Å². The molecule has 20 heavy (non-hydrogen) atoms. The molecule has 3 N–H and O–H groups in total. The quantitative estimate of drug-likeness (QED) is 0.546. The fraction of sp³-hybridized carbons (Fsp3) is 0.818. The molecule has 0 radical (unpaired) electrons. The van der Waals surface area contributed by atoms with Crippen molar-refractivity contribution < 1.29 is 23.1 Å². The average Bonchev–Trinajstić information content (AvgIpc) is 2.33. The van der Waals surface area contributed by atoms with Crippen LogP contribution in [0.25, 0.3) is 0 Å². The molecule has 0 heterocycles. The topological polar surface area (TPSA) is 116 Å². The summed E-state index contributed by atoms with van der Waals surface area (Å²) in [5, 5.41) is 13.6. The molecule has 118 valence electrons. The number of urea groups is 1. The number of carbonyl (C=O) groups excluding carboxylic acids is 1. The number of carboxylic acids is 1. The third-order valence-electron chi connectivity index (χ3n) is 2.65. The first-order chi connectivity index (χ1) is 9.20. The molecule has 0 aliphatic heterocycles. The Bertz CT molecular complexity index is 422. The van der Waals surface area contributed by atoms with E-state index in [0.29, 0.717) is 12.8 Å². The summed E-state index contributed by atoms with van der Waals surface area (Å²) in [6.45, 7) is 1.84. The lowest BCUT2D eigenvalue weighted by molar-refractivity contribution is -0.139. The van der Waals surface area contributed by atoms with E-state index in [-0.39, 0.29) is 12.3 Å². The van der Waals surface area contributed by atoms with Crippen molar-refractivity contribution in [2.45, 2.75) is 32.2 Å². The number of nitrogens with zero attached hydrogens (tertiary/aromatic N) is 1. The Balaban J connectivity index is 4.18. The van der Waals surface area contributed by atoms with Crippen LogP contribution in [0.3, 0.4) is 0 Å². The van der Waals surface area contributed by atoms with Crippen molar-refractivity contribution in [1.29, 1.82) is 0 Å². The molecule has 8 nitrogen and oxygen atoms in total. The Morgan fingerprint density at radius 3 is 2.35 bits per heavy atom. The average molecular weight is 309 g/mol. The molecule has 9 heteroatoms. The van der Waals surface area contributed by atoms with Crippen molar-refractivity contribution in [3.63, 3.8) is 0 Å². The van der Waals surface area contributed by atoms with Crippen LogP contribution in [0.2, 0.25) is 0 Å². The van der Waals surface area contributed by atoms with Gasteiger partial charge >= 0.3 is 12.0 Å². The minimum Gasteiger partial charge on any atom is -0.480 e. The smallest absolute Gasteiger partial charge is 0.326 e. The van der Waals surface area contributed by atoms with E-state index in [1.54, 1.807) is 0 Å². The molecule has 0 spiro atoms. The van der Waals surface area contributed by atoms with Gasteiger partial charge in [0.1, 0.15) is 6.04 Å². The summed E-state index contributed by atoms with van der Waals surface area (Å²) in [7, 11) is -0.572. The van der Waals surface area contributed by atoms with E-state index in [9.17, 15) is 18.0 Å². The van der Waals surface area contributed by atoms with Crippen molar-refractivity contribution in [3.05, 3.63) is 0 Å². The lowest BCUT2D eigenvalue weighted by Gasteiger charge is -2.15. The van der Waals surface area contributed by atoms with Gasteiger partial charge in [-0.05, 0) is 6.42 Å². The van der Waals surface area contributed by atoms with Crippen LogP contribution in [0, 0.1) is 0 Å². The zero-order chi connectivity index (χ0) is 15.8. The maximum atomic E-state index is 11.5. The van der Waals surface area contributed by atoms with E-state index < -0.39 is 28.1 Å². The van der Waals surface area contributed by atoms with Crippen LogP contribution in [0.15, 0.2) is 0 Å². The predicted octanol–water partition coefficient (Wildman–Crippen LogP) is -0.180. The van der Waals surface area contributed by atoms with Crippen molar-refractivity contribution in [2.24, 2.45) is 0 Å². The number of rotatable bonds is 9. The number of hydrogen-bond donors (Lipinski definition) is 3. The summed E-state index contributed by atoms with van der Waals surface area (Å²) in [6, 6.07) is -1.64. The van der Waals surface area contributed by atoms with E-state index in [4.69, 9.17) is 5.11 Å². The number of sulfonamides is 1. The number of carboxylic acid groups (broad SMARTS) is 1. The number of unbranched alkanes of at least 4 members (excludes halogenated alkanes) is 1. The van der Waals surface area contributed by atoms with Crippen LogP contribution < -0.4 is 10.6 Å². The first-order valence-corrected chi connectivity index (χ1v) is 7.99. The fourth-order valence-electron chi connectivity index (χ4n) is 1.35. The van der Waals surface area contributed by atoms with Crippen molar-refractivity contribution in [1.82, 2.24) is 14.9 Å². The Morgan fingerprint density at radius 1 is 1.30 bits per heavy atom. The molecule has 0 aliphatic rings. The van der Waals surface area contributed by atoms with Gasteiger partial charge in [-0.15, -0.1) is 0 Å². The lowest BCUT2D eigenvalue weighted by Crippen LogP contribution is -2.47. The zero-order valence-electron chi connectivity index (χ0n) is 12.0. The second-order valence-corrected chi connectivity index (χ2v) is 6.83. The van der Waals surface area contributed by atoms with Crippen LogP contribution in [0.5, 0.6) is 0 Å². The summed E-state index contributed by atoms with van der Waals surface area (Å²) >= 11 is 0. The van der Waals surface area contributed by atoms with Gasteiger partial charge in [0, 0.05) is 20.6 Å². The van der Waals surface area contributed by atoms with Crippen molar-refractivity contribution >= 4 is 22.0 Å². The highest BCUT2D eigenvalue weighted by molar-refractivity contribution is 7.89. The highest BCUT2D eigenvalue weighted by Gasteiger charge is 2.19. The SMILES string of the molecule is CCCC[C@H](NC(=O)NCCS(=O)(=O)N(C)C)C(=O)O. The number of nitrogens with one attached hydrogen (secondary N) is 2. The van der Waals surface area contributed by atoms with E-state index in [2.05, 4.69) is 10.6 Å². The number of hydrogen-bond acceptors (Lipinski definition) is 4. The van der Waals surface area contributed by atoms with Crippen molar-refractivity contribution in [2.75, 3.05) is 26.4 Å². The van der Waals surface area contributed by atoms with Gasteiger partial charge in [0.25, 0.3) is 0 Å². The Morgan fingerprint density at radius 2 is 1.90 bits per heavy atom. The zero-order valence-corrected chi connectivity index (χ0v) is 12.9. The maximum Gasteiger partial charge on any atom is 0.326 e. The summed E-state index contributed by atoms with van der Waals surface area (Å²) < 4.78 is 24.0. The lowest BCUT2D eigenvalue weighted by atomic mass is 10.1. The van der Waals surface area contributed by atoms with Gasteiger partial charge in [0.2, 0.25) is 10.0 Å². The molecule has 0 aliphatic carbocycles. The van der Waals surface area contributed by atoms with Gasteiger partial charge < -0.3 is 15.7 Å². The number of carbonyl (C=O) groups is 2. The van der Waals surface area contributed by atoms with E-state index in [1.807, 2.05) is 6.92 Å². The molecule has 0 saturated heterocycles. The van der Waals surface area contributed by atoms with Crippen LogP contribution >= 0.6 is 0 Å². The fourth-order valence-corrected chi connectivity index (χ4v) is 2.08. The predicted molar refractivity (Wildman–Crippen MR) is 75.0 cm³/mol. The first-order valence-electron chi connectivity index (χ1n) is 6.38. The van der Waals surface area contributed by atoms with Crippen molar-refractivity contribution in [3.8, 4) is 0 Å². The molecular formula is C11H23N3O5S. The molecule has 0 saturated carbocycles. The second-order valence-electron chi connectivity index (χ2n) is 4.53. The minimum absolute atomic E-state index is 0.0769. The summed E-state index contributed by atoms with van der Waals surface area (Å²) in [5.74, 6) is -1.34. The molecule has 0 rings (SSSR count). The van der Waals surface area contributed by atoms with E-state index in [1.165, 1.54) is 14.1 Å². The van der Waals surface area contributed by atoms with Crippen LogP contribution in [0.4, 0.5) is 4.79 Å². The summed E-state index contributed by atoms with van der Waals surface area (Å²) in [5.41, 5.74) is 0. The second kappa shape index (κ2) is 8.75. The van der Waals surface area contributed by atoms with Gasteiger partial charge in [-0.1, -0.05) is 19.8 Å². The van der Waals surface area contributed by atoms with Gasteiger partial charge in [-0.2, -0.15) is 0 Å². The Labute approximate surface area is 119 Å². The normalized spacial score (nSPS) is 13.0. The molecule has 2 amide bonds. The molecule has 0 fully saturated rings. The van der Waals surface area contributed by atoms with Gasteiger partial charge in [0.05, 0.1) is 5.75 Å². The molecular weight excluding hydrogens is 286 g/mol. The van der Waals surface area contributed by atoms with Crippen LogP contribution in [0.1, 0.15) is 26.2 Å². The van der Waals surface area contributed by atoms with Gasteiger partial charge in [-0.3, -0.25) is 0 Å². The summed E-state index contributed by atoms with van der Waals surface area (Å²) in [4.78, 5) is 22.4. The Hall–Kier alpha value is -1.35. The molecule has 0 aromatic carbocycles. The van der Waals surface area contributed by atoms with Crippen LogP contribution in [-0.4, -0.2) is 62.3 Å². The molecule has 0 unspecified atom stereocenters. The highest BCUT2D eigenvalue weighted by atomic mass is 32.2. The molecule has 0 aromatic heterocycles. The third-order valence-corrected chi connectivity index (χ3v) is 4.48. The minimum atomic E-state index is -3.38. The molecule has 0 bridgehead atoms. The maximum absolute atomic E-state index is 11.5. The summed E-state index contributed by atoms with van der Waals surface area (Å²) in [6.07, 6.45) is 1.86. The number of aliphatic carboxylic acids is 1. The third kappa shape index (κ3) is 7.29. The number of amides is 2. The van der Waals surface area contributed by atoms with E-state index >= 15 is 0 Å². The van der Waals surface area contributed by atoms with E-state index in [0.717, 1.165) is 10.7 Å². The highest BCUT2D eigenvalue weighted by Crippen LogP contribution is 2.00. The first kappa shape index (κ1) is 18.7. The molecule has 1 atom stereocenters. The largest absolute Gasteiger partial charge is 0.480 e. The standard InChI is InChI=1S/C11H23N3O5S/c1-4-5-6-9(10(15)16)13-11(17)12-7-8-20(18,19)14(2)3/h9H,4-8H2,1-3H3,(H,15,16)(H2,12,13,17)/t9-/m0/s1. The Kier molecular flexibility index (Phi) is 8.16. The van der Waals surface area contributed by atoms with Crippen LogP contribution in [-0.2, 0) is 14.8 Å². The van der Waals surface area contributed by atoms with Gasteiger partial charge in [-0.25, -0.2) is 22.3 Å². The molecule has 0 aromatic rings.